The number of nitro groups is 1. The highest BCUT2D eigenvalue weighted by Crippen LogP contribution is 2.34. The first kappa shape index (κ1) is 21.4. The van der Waals surface area contributed by atoms with Crippen LogP contribution in [0, 0.1) is 10.1 Å². The van der Waals surface area contributed by atoms with Crippen molar-refractivity contribution in [1.29, 1.82) is 0 Å². The molecular weight excluding hydrogens is 362 g/mol. The molecule has 1 fully saturated rings. The third kappa shape index (κ3) is 5.55. The van der Waals surface area contributed by atoms with Crippen LogP contribution >= 0.6 is 0 Å². The first-order valence-electron chi connectivity index (χ1n) is 9.25. The molecule has 1 aliphatic heterocycles. The van der Waals surface area contributed by atoms with Gasteiger partial charge in [-0.25, -0.2) is 4.79 Å². The highest BCUT2D eigenvalue weighted by atomic mass is 16.6. The number of esters is 1. The van der Waals surface area contributed by atoms with Crippen LogP contribution < -0.4 is 10.2 Å². The van der Waals surface area contributed by atoms with Gasteiger partial charge in [0, 0.05) is 24.2 Å². The lowest BCUT2D eigenvalue weighted by molar-refractivity contribution is -0.384. The summed E-state index contributed by atoms with van der Waals surface area (Å²) in [5, 5.41) is 14.7. The van der Waals surface area contributed by atoms with Crippen LogP contribution in [-0.4, -0.2) is 42.0 Å². The molecule has 0 aliphatic carbocycles. The van der Waals surface area contributed by atoms with Crippen LogP contribution in [0.2, 0.25) is 0 Å². The maximum atomic E-state index is 12.8. The van der Waals surface area contributed by atoms with Crippen molar-refractivity contribution in [3.8, 4) is 0 Å². The molecule has 8 nitrogen and oxygen atoms in total. The number of rotatable bonds is 5. The average Bonchev–Trinajstić information content (AvgIpc) is 2.64. The first-order valence-corrected chi connectivity index (χ1v) is 9.25. The van der Waals surface area contributed by atoms with E-state index >= 15 is 0 Å². The van der Waals surface area contributed by atoms with Crippen molar-refractivity contribution >= 4 is 29.3 Å². The number of nitrogens with one attached hydrogen (secondary N) is 1. The lowest BCUT2D eigenvalue weighted by atomic mass is 9.98. The Kier molecular flexibility index (Phi) is 6.77. The van der Waals surface area contributed by atoms with Gasteiger partial charge in [0.1, 0.15) is 11.7 Å². The minimum atomic E-state index is -0.540. The SMILES string of the molecule is COC(=O)/C=C/c1ccc(N2CCCCC2C(=O)NC(C)(C)C)c([N+](=O)[O-])c1. The molecule has 0 saturated carbocycles. The fourth-order valence-electron chi connectivity index (χ4n) is 3.21. The van der Waals surface area contributed by atoms with Gasteiger partial charge in [-0.15, -0.1) is 0 Å². The highest BCUT2D eigenvalue weighted by molar-refractivity contribution is 5.88. The number of hydrogen-bond donors (Lipinski definition) is 1. The maximum absolute atomic E-state index is 12.8. The predicted molar refractivity (Wildman–Crippen MR) is 107 cm³/mol. The summed E-state index contributed by atoms with van der Waals surface area (Å²) in [6, 6.07) is 4.28. The fourth-order valence-corrected chi connectivity index (χ4v) is 3.21. The standard InChI is InChI=1S/C20H27N3O5/c1-20(2,3)21-19(25)16-7-5-6-12-22(16)15-10-8-14(9-11-18(24)28-4)13-17(15)23(26)27/h8-11,13,16H,5-7,12H2,1-4H3,(H,21,25)/b11-9+. The summed E-state index contributed by atoms with van der Waals surface area (Å²) in [7, 11) is 1.26. The molecule has 0 bridgehead atoms. The van der Waals surface area contributed by atoms with Crippen molar-refractivity contribution in [1.82, 2.24) is 5.32 Å². The average molecular weight is 389 g/mol. The Balaban J connectivity index is 2.37. The zero-order valence-electron chi connectivity index (χ0n) is 16.7. The summed E-state index contributed by atoms with van der Waals surface area (Å²) < 4.78 is 4.54. The van der Waals surface area contributed by atoms with Crippen molar-refractivity contribution in [3.05, 3.63) is 40.0 Å². The second-order valence-electron chi connectivity index (χ2n) is 7.81. The van der Waals surface area contributed by atoms with E-state index in [9.17, 15) is 19.7 Å². The first-order chi connectivity index (χ1) is 13.1. The molecule has 1 atom stereocenters. The van der Waals surface area contributed by atoms with Crippen LogP contribution in [0.25, 0.3) is 6.08 Å². The van der Waals surface area contributed by atoms with Crippen LogP contribution in [0.15, 0.2) is 24.3 Å². The van der Waals surface area contributed by atoms with Gasteiger partial charge in [-0.1, -0.05) is 6.07 Å². The highest BCUT2D eigenvalue weighted by Gasteiger charge is 2.34. The Morgan fingerprint density at radius 3 is 2.64 bits per heavy atom. The molecule has 1 heterocycles. The Hall–Kier alpha value is -2.90. The van der Waals surface area contributed by atoms with Gasteiger partial charge < -0.3 is 15.0 Å². The number of methoxy groups -OCH3 is 1. The molecule has 0 aromatic heterocycles. The summed E-state index contributed by atoms with van der Waals surface area (Å²) in [5.41, 5.74) is 0.444. The molecule has 1 saturated heterocycles. The Bertz CT molecular complexity index is 783. The van der Waals surface area contributed by atoms with Gasteiger partial charge in [-0.3, -0.25) is 14.9 Å². The topological polar surface area (TPSA) is 102 Å². The van der Waals surface area contributed by atoms with Crippen molar-refractivity contribution in [2.75, 3.05) is 18.6 Å². The number of piperidine rings is 1. The van der Waals surface area contributed by atoms with E-state index in [-0.39, 0.29) is 17.1 Å². The largest absolute Gasteiger partial charge is 0.466 e. The zero-order valence-corrected chi connectivity index (χ0v) is 16.7. The van der Waals surface area contributed by atoms with E-state index in [2.05, 4.69) is 10.1 Å². The van der Waals surface area contributed by atoms with E-state index in [1.807, 2.05) is 25.7 Å². The van der Waals surface area contributed by atoms with Crippen molar-refractivity contribution < 1.29 is 19.2 Å². The van der Waals surface area contributed by atoms with E-state index in [4.69, 9.17) is 0 Å². The molecular formula is C20H27N3O5. The molecule has 152 valence electrons. The minimum Gasteiger partial charge on any atom is -0.466 e. The minimum absolute atomic E-state index is 0.0949. The number of nitrogens with zero attached hydrogens (tertiary/aromatic N) is 2. The monoisotopic (exact) mass is 389 g/mol. The maximum Gasteiger partial charge on any atom is 0.330 e. The third-order valence-electron chi connectivity index (χ3n) is 4.42. The van der Waals surface area contributed by atoms with E-state index in [0.717, 1.165) is 12.8 Å². The number of amides is 1. The Morgan fingerprint density at radius 1 is 1.32 bits per heavy atom. The second kappa shape index (κ2) is 8.86. The van der Waals surface area contributed by atoms with E-state index in [0.29, 0.717) is 24.2 Å². The van der Waals surface area contributed by atoms with Crippen LogP contribution in [0.3, 0.4) is 0 Å². The Morgan fingerprint density at radius 2 is 2.04 bits per heavy atom. The summed E-state index contributed by atoms with van der Waals surface area (Å²) in [6.07, 6.45) is 5.07. The van der Waals surface area contributed by atoms with Crippen LogP contribution in [-0.2, 0) is 14.3 Å². The third-order valence-corrected chi connectivity index (χ3v) is 4.42. The van der Waals surface area contributed by atoms with Crippen LogP contribution in [0.5, 0.6) is 0 Å². The van der Waals surface area contributed by atoms with Gasteiger partial charge >= 0.3 is 5.97 Å². The van der Waals surface area contributed by atoms with E-state index in [1.54, 1.807) is 12.1 Å². The van der Waals surface area contributed by atoms with Crippen LogP contribution in [0.1, 0.15) is 45.6 Å². The smallest absolute Gasteiger partial charge is 0.330 e. The molecule has 1 aromatic carbocycles. The van der Waals surface area contributed by atoms with Gasteiger partial charge in [-0.2, -0.15) is 0 Å². The van der Waals surface area contributed by atoms with Crippen LogP contribution in [0.4, 0.5) is 11.4 Å². The predicted octanol–water partition coefficient (Wildman–Crippen LogP) is 3.05. The van der Waals surface area contributed by atoms with Crippen molar-refractivity contribution in [3.63, 3.8) is 0 Å². The number of hydrogen-bond acceptors (Lipinski definition) is 6. The van der Waals surface area contributed by atoms with Gasteiger partial charge in [-0.05, 0) is 57.7 Å². The van der Waals surface area contributed by atoms with E-state index in [1.165, 1.54) is 25.3 Å². The molecule has 0 spiro atoms. The zero-order chi connectivity index (χ0) is 20.9. The normalized spacial score (nSPS) is 17.4. The molecule has 8 heteroatoms. The molecule has 1 aromatic rings. The summed E-state index contributed by atoms with van der Waals surface area (Å²) >= 11 is 0. The lowest BCUT2D eigenvalue weighted by Gasteiger charge is -2.37. The van der Waals surface area contributed by atoms with Gasteiger partial charge in [0.05, 0.1) is 12.0 Å². The molecule has 1 unspecified atom stereocenters. The molecule has 2 rings (SSSR count). The number of carbonyl (C=O) groups excluding carboxylic acids is 2. The second-order valence-corrected chi connectivity index (χ2v) is 7.81. The summed E-state index contributed by atoms with van der Waals surface area (Å²) in [6.45, 7) is 6.29. The molecule has 1 amide bonds. The summed E-state index contributed by atoms with van der Waals surface area (Å²) in [4.78, 5) is 37.1. The van der Waals surface area contributed by atoms with Gasteiger partial charge in [0.2, 0.25) is 5.91 Å². The Labute approximate surface area is 164 Å². The molecule has 0 radical (unpaired) electrons. The quantitative estimate of drug-likeness (QED) is 0.359. The lowest BCUT2D eigenvalue weighted by Crippen LogP contribution is -2.54. The fraction of sp³-hybridized carbons (Fsp3) is 0.500. The number of anilines is 1. The number of nitro benzene ring substituents is 1. The van der Waals surface area contributed by atoms with Gasteiger partial charge in [0.15, 0.2) is 0 Å². The molecule has 1 aliphatic rings. The van der Waals surface area contributed by atoms with Gasteiger partial charge in [0.25, 0.3) is 5.69 Å². The number of ether oxygens (including phenoxy) is 1. The van der Waals surface area contributed by atoms with E-state index < -0.39 is 16.9 Å². The van der Waals surface area contributed by atoms with Crippen molar-refractivity contribution in [2.24, 2.45) is 0 Å². The number of carbonyl (C=O) groups is 2. The molecule has 1 N–H and O–H groups in total. The summed E-state index contributed by atoms with van der Waals surface area (Å²) in [5.74, 6) is -0.669. The number of benzene rings is 1. The van der Waals surface area contributed by atoms with Crippen molar-refractivity contribution in [2.45, 2.75) is 51.6 Å². The molecule has 28 heavy (non-hydrogen) atoms.